The minimum Gasteiger partial charge on any atom is -0.504 e. The average molecular weight is 320 g/mol. The maximum Gasteiger partial charge on any atom is 0.203 e. The summed E-state index contributed by atoms with van der Waals surface area (Å²) in [6.07, 6.45) is 6.40. The van der Waals surface area contributed by atoms with Crippen molar-refractivity contribution in [2.75, 3.05) is 28.4 Å². The van der Waals surface area contributed by atoms with Crippen LogP contribution < -0.4 is 14.2 Å². The van der Waals surface area contributed by atoms with Crippen LogP contribution in [0.25, 0.3) is 0 Å². The molecule has 0 saturated carbocycles. The monoisotopic (exact) mass is 320 g/mol. The Balaban J connectivity index is 2.08. The molecule has 0 heterocycles. The molecule has 23 heavy (non-hydrogen) atoms. The van der Waals surface area contributed by atoms with E-state index in [2.05, 4.69) is 0 Å². The van der Waals surface area contributed by atoms with Gasteiger partial charge in [0.2, 0.25) is 5.75 Å². The highest BCUT2D eigenvalue weighted by Gasteiger charge is 2.17. The van der Waals surface area contributed by atoms with E-state index in [-0.39, 0.29) is 11.7 Å². The molecule has 1 aromatic rings. The highest BCUT2D eigenvalue weighted by Crippen LogP contribution is 2.38. The summed E-state index contributed by atoms with van der Waals surface area (Å²) in [4.78, 5) is 0. The maximum atomic E-state index is 9.88. The second kappa shape index (κ2) is 7.81. The van der Waals surface area contributed by atoms with Gasteiger partial charge in [0.25, 0.3) is 0 Å². The maximum absolute atomic E-state index is 9.88. The predicted molar refractivity (Wildman–Crippen MR) is 88.3 cm³/mol. The van der Waals surface area contributed by atoms with Crippen LogP contribution in [0.5, 0.6) is 17.2 Å². The van der Waals surface area contributed by atoms with Crippen molar-refractivity contribution >= 4 is 0 Å². The quantitative estimate of drug-likeness (QED) is 0.831. The number of hydrogen-bond acceptors (Lipinski definition) is 5. The summed E-state index contributed by atoms with van der Waals surface area (Å²) in [6.45, 7) is 0. The van der Waals surface area contributed by atoms with Crippen LogP contribution in [-0.2, 0) is 11.2 Å². The number of ether oxygens (including phenoxy) is 4. The number of aryl methyl sites for hydroxylation is 1. The van der Waals surface area contributed by atoms with Crippen molar-refractivity contribution in [3.8, 4) is 17.2 Å². The number of aliphatic hydroxyl groups is 1. The van der Waals surface area contributed by atoms with E-state index in [1.54, 1.807) is 28.4 Å². The van der Waals surface area contributed by atoms with E-state index in [1.807, 2.05) is 24.3 Å². The molecule has 1 aliphatic carbocycles. The minimum absolute atomic E-state index is 0.216. The standard InChI is InChI=1S/C18H24O5/c1-20-15-8-7-12(9-14(15)19)5-6-13-10-16(21-2)18(23-4)17(11-13)22-3/h8-12,19H,5-7H2,1-4H3. The largest absolute Gasteiger partial charge is 0.504 e. The SMILES string of the molecule is COC1=CCC(CCc2cc(OC)c(OC)c(OC)c2)C=C1O. The van der Waals surface area contributed by atoms with Crippen molar-refractivity contribution in [1.82, 2.24) is 0 Å². The first-order valence-corrected chi connectivity index (χ1v) is 7.57. The first-order valence-electron chi connectivity index (χ1n) is 7.57. The Morgan fingerprint density at radius 1 is 1.00 bits per heavy atom. The average Bonchev–Trinajstić information content (AvgIpc) is 2.58. The van der Waals surface area contributed by atoms with Crippen LogP contribution in [-0.4, -0.2) is 33.5 Å². The van der Waals surface area contributed by atoms with Crippen LogP contribution in [0.4, 0.5) is 0 Å². The molecule has 0 fully saturated rings. The Labute approximate surface area is 137 Å². The molecular weight excluding hydrogens is 296 g/mol. The molecule has 1 N–H and O–H groups in total. The number of allylic oxidation sites excluding steroid dienone is 2. The lowest BCUT2D eigenvalue weighted by Crippen LogP contribution is -2.07. The Bertz CT molecular complexity index is 578. The van der Waals surface area contributed by atoms with E-state index in [1.165, 1.54) is 0 Å². The van der Waals surface area contributed by atoms with Gasteiger partial charge in [0.15, 0.2) is 23.0 Å². The number of hydrogen-bond donors (Lipinski definition) is 1. The van der Waals surface area contributed by atoms with Gasteiger partial charge in [0.1, 0.15) is 0 Å². The number of benzene rings is 1. The summed E-state index contributed by atoms with van der Waals surface area (Å²) in [5.41, 5.74) is 1.11. The first-order chi connectivity index (χ1) is 11.1. The molecule has 1 aromatic carbocycles. The molecule has 5 nitrogen and oxygen atoms in total. The molecule has 1 unspecified atom stereocenters. The number of aliphatic hydroxyl groups excluding tert-OH is 1. The van der Waals surface area contributed by atoms with E-state index in [9.17, 15) is 5.11 Å². The molecule has 0 radical (unpaired) electrons. The van der Waals surface area contributed by atoms with Crippen molar-refractivity contribution in [1.29, 1.82) is 0 Å². The van der Waals surface area contributed by atoms with E-state index in [4.69, 9.17) is 18.9 Å². The van der Waals surface area contributed by atoms with Crippen molar-refractivity contribution in [2.45, 2.75) is 19.3 Å². The zero-order valence-corrected chi connectivity index (χ0v) is 14.1. The summed E-state index contributed by atoms with van der Waals surface area (Å²) >= 11 is 0. The minimum atomic E-state index is 0.216. The lowest BCUT2D eigenvalue weighted by molar-refractivity contribution is 0.246. The zero-order valence-electron chi connectivity index (χ0n) is 14.1. The van der Waals surface area contributed by atoms with Gasteiger partial charge in [0.05, 0.1) is 28.4 Å². The van der Waals surface area contributed by atoms with E-state index < -0.39 is 0 Å². The van der Waals surface area contributed by atoms with Crippen molar-refractivity contribution in [3.63, 3.8) is 0 Å². The second-order valence-electron chi connectivity index (χ2n) is 5.39. The second-order valence-corrected chi connectivity index (χ2v) is 5.39. The summed E-state index contributed by atoms with van der Waals surface area (Å²) in [6, 6.07) is 3.92. The highest BCUT2D eigenvalue weighted by atomic mass is 16.5. The van der Waals surface area contributed by atoms with Gasteiger partial charge < -0.3 is 24.1 Å². The third kappa shape index (κ3) is 3.92. The molecule has 0 bridgehead atoms. The number of methoxy groups -OCH3 is 4. The van der Waals surface area contributed by atoms with Gasteiger partial charge in [-0.05, 0) is 55.0 Å². The van der Waals surface area contributed by atoms with Crippen LogP contribution in [0.15, 0.2) is 35.8 Å². The Kier molecular flexibility index (Phi) is 5.79. The summed E-state index contributed by atoms with van der Waals surface area (Å²) in [5, 5.41) is 9.88. The molecule has 2 rings (SSSR count). The van der Waals surface area contributed by atoms with E-state index in [0.717, 1.165) is 24.8 Å². The Hall–Kier alpha value is -2.30. The van der Waals surface area contributed by atoms with Crippen LogP contribution >= 0.6 is 0 Å². The Morgan fingerprint density at radius 3 is 2.13 bits per heavy atom. The van der Waals surface area contributed by atoms with Crippen LogP contribution in [0.2, 0.25) is 0 Å². The fraction of sp³-hybridized carbons (Fsp3) is 0.444. The van der Waals surface area contributed by atoms with Gasteiger partial charge in [-0.3, -0.25) is 0 Å². The summed E-state index contributed by atoms with van der Waals surface area (Å²) in [5.74, 6) is 2.97. The van der Waals surface area contributed by atoms with Gasteiger partial charge in [-0.1, -0.05) is 0 Å². The number of rotatable bonds is 7. The van der Waals surface area contributed by atoms with Crippen molar-refractivity contribution < 1.29 is 24.1 Å². The molecule has 0 aromatic heterocycles. The van der Waals surface area contributed by atoms with Crippen molar-refractivity contribution in [3.05, 3.63) is 41.4 Å². The Morgan fingerprint density at radius 2 is 1.65 bits per heavy atom. The van der Waals surface area contributed by atoms with Crippen LogP contribution in [0.1, 0.15) is 18.4 Å². The molecular formula is C18H24O5. The molecule has 0 spiro atoms. The molecule has 1 aliphatic rings. The summed E-state index contributed by atoms with van der Waals surface area (Å²) in [7, 11) is 6.38. The smallest absolute Gasteiger partial charge is 0.203 e. The third-order valence-electron chi connectivity index (χ3n) is 4.00. The fourth-order valence-electron chi connectivity index (χ4n) is 2.76. The van der Waals surface area contributed by atoms with Gasteiger partial charge in [-0.25, -0.2) is 0 Å². The molecule has 0 saturated heterocycles. The van der Waals surface area contributed by atoms with Gasteiger partial charge >= 0.3 is 0 Å². The molecule has 0 aliphatic heterocycles. The normalized spacial score (nSPS) is 17.1. The van der Waals surface area contributed by atoms with E-state index >= 15 is 0 Å². The van der Waals surface area contributed by atoms with Crippen molar-refractivity contribution in [2.24, 2.45) is 5.92 Å². The van der Waals surface area contributed by atoms with Gasteiger partial charge in [-0.2, -0.15) is 0 Å². The zero-order chi connectivity index (χ0) is 16.8. The first kappa shape index (κ1) is 17.1. The lowest BCUT2D eigenvalue weighted by Gasteiger charge is -2.18. The topological polar surface area (TPSA) is 57.2 Å². The highest BCUT2D eigenvalue weighted by molar-refractivity contribution is 5.53. The van der Waals surface area contributed by atoms with Crippen LogP contribution in [0.3, 0.4) is 0 Å². The lowest BCUT2D eigenvalue weighted by atomic mass is 9.92. The molecule has 0 amide bonds. The predicted octanol–water partition coefficient (Wildman–Crippen LogP) is 3.64. The van der Waals surface area contributed by atoms with Gasteiger partial charge in [-0.15, -0.1) is 0 Å². The van der Waals surface area contributed by atoms with E-state index in [0.29, 0.717) is 23.0 Å². The molecule has 126 valence electrons. The molecule has 1 atom stereocenters. The fourth-order valence-corrected chi connectivity index (χ4v) is 2.76. The third-order valence-corrected chi connectivity index (χ3v) is 4.00. The van der Waals surface area contributed by atoms with Crippen LogP contribution in [0, 0.1) is 5.92 Å². The molecule has 5 heteroatoms. The van der Waals surface area contributed by atoms with Gasteiger partial charge in [0, 0.05) is 0 Å². The summed E-state index contributed by atoms with van der Waals surface area (Å²) < 4.78 is 21.2.